The number of nitrogens with one attached hydrogen (secondary N) is 1. The van der Waals surface area contributed by atoms with Crippen molar-refractivity contribution in [2.45, 2.75) is 70.5 Å². The van der Waals surface area contributed by atoms with E-state index in [2.05, 4.69) is 19.2 Å². The minimum absolute atomic E-state index is 0.126. The van der Waals surface area contributed by atoms with E-state index in [-0.39, 0.29) is 36.9 Å². The lowest BCUT2D eigenvalue weighted by atomic mass is 10.0. The van der Waals surface area contributed by atoms with E-state index < -0.39 is 6.04 Å². The second-order valence-electron chi connectivity index (χ2n) is 10.4. The van der Waals surface area contributed by atoms with Crippen molar-refractivity contribution in [1.82, 2.24) is 10.2 Å². The summed E-state index contributed by atoms with van der Waals surface area (Å²) >= 11 is 12.7. The first-order valence-corrected chi connectivity index (χ1v) is 14.4. The summed E-state index contributed by atoms with van der Waals surface area (Å²) in [6.07, 6.45) is 4.48. The zero-order valence-electron chi connectivity index (χ0n) is 22.5. The van der Waals surface area contributed by atoms with E-state index in [0.29, 0.717) is 27.8 Å². The maximum atomic E-state index is 13.9. The van der Waals surface area contributed by atoms with Gasteiger partial charge in [-0.25, -0.2) is 0 Å². The Hall–Kier alpha value is -3.02. The third-order valence-corrected chi connectivity index (χ3v) is 7.81. The second kappa shape index (κ2) is 13.9. The molecule has 1 atom stereocenters. The minimum atomic E-state index is -0.740. The number of carbonyl (C=O) groups excluding carboxylic acids is 2. The second-order valence-corrected chi connectivity index (χ2v) is 11.3. The third kappa shape index (κ3) is 8.00. The molecule has 0 heterocycles. The molecule has 7 heteroatoms. The largest absolute Gasteiger partial charge is 0.483 e. The van der Waals surface area contributed by atoms with Gasteiger partial charge in [0.05, 0.1) is 0 Å². The van der Waals surface area contributed by atoms with Gasteiger partial charge in [0, 0.05) is 29.1 Å². The van der Waals surface area contributed by atoms with Gasteiger partial charge in [0.25, 0.3) is 5.91 Å². The SMILES string of the molecule is CC(C)c1ccccc1OCC(=O)N(Cc1ccc(Cl)cc1Cl)[C@H](Cc1ccccc1)C(=O)NC1CCCC1. The fourth-order valence-corrected chi connectivity index (χ4v) is 5.53. The number of hydrogen-bond donors (Lipinski definition) is 1. The van der Waals surface area contributed by atoms with Gasteiger partial charge in [-0.1, -0.05) is 104 Å². The molecule has 39 heavy (non-hydrogen) atoms. The summed E-state index contributed by atoms with van der Waals surface area (Å²) in [4.78, 5) is 29.3. The van der Waals surface area contributed by atoms with Crippen molar-refractivity contribution in [3.05, 3.63) is 99.5 Å². The van der Waals surface area contributed by atoms with E-state index in [1.54, 1.807) is 23.1 Å². The highest BCUT2D eigenvalue weighted by Crippen LogP contribution is 2.27. The molecule has 1 N–H and O–H groups in total. The number of carbonyl (C=O) groups is 2. The predicted octanol–water partition coefficient (Wildman–Crippen LogP) is 7.19. The van der Waals surface area contributed by atoms with Crippen molar-refractivity contribution in [1.29, 1.82) is 0 Å². The summed E-state index contributed by atoms with van der Waals surface area (Å²) in [7, 11) is 0. The van der Waals surface area contributed by atoms with E-state index in [9.17, 15) is 9.59 Å². The van der Waals surface area contributed by atoms with Crippen LogP contribution in [-0.2, 0) is 22.6 Å². The minimum Gasteiger partial charge on any atom is -0.483 e. The Morgan fingerprint density at radius 3 is 2.36 bits per heavy atom. The molecule has 0 radical (unpaired) electrons. The lowest BCUT2D eigenvalue weighted by molar-refractivity contribution is -0.143. The summed E-state index contributed by atoms with van der Waals surface area (Å²) in [5.41, 5.74) is 2.70. The molecule has 2 amide bonds. The first-order valence-electron chi connectivity index (χ1n) is 13.6. The van der Waals surface area contributed by atoms with Crippen molar-refractivity contribution in [3.8, 4) is 5.75 Å². The number of rotatable bonds is 11. The van der Waals surface area contributed by atoms with Crippen LogP contribution in [0, 0.1) is 0 Å². The topological polar surface area (TPSA) is 58.6 Å². The Bertz CT molecular complexity index is 1260. The van der Waals surface area contributed by atoms with Crippen LogP contribution in [0.3, 0.4) is 0 Å². The average molecular weight is 568 g/mol. The van der Waals surface area contributed by atoms with Gasteiger partial charge >= 0.3 is 0 Å². The van der Waals surface area contributed by atoms with Crippen molar-refractivity contribution >= 4 is 35.0 Å². The Kier molecular flexibility index (Phi) is 10.3. The van der Waals surface area contributed by atoms with Crippen LogP contribution in [0.5, 0.6) is 5.75 Å². The normalized spacial score (nSPS) is 14.3. The van der Waals surface area contributed by atoms with E-state index >= 15 is 0 Å². The highest BCUT2D eigenvalue weighted by Gasteiger charge is 2.33. The standard InChI is InChI=1S/C32H36Cl2N2O3/c1-22(2)27-14-8-9-15-30(27)39-21-31(37)36(20-24-16-17-25(33)19-28(24)34)29(18-23-10-4-3-5-11-23)32(38)35-26-12-6-7-13-26/h3-5,8-11,14-17,19,22,26,29H,6-7,12-13,18,20-21H2,1-2H3,(H,35,38)/t29-/m1/s1. The maximum Gasteiger partial charge on any atom is 0.261 e. The fraction of sp³-hybridized carbons (Fsp3) is 0.375. The van der Waals surface area contributed by atoms with E-state index in [0.717, 1.165) is 36.8 Å². The monoisotopic (exact) mass is 566 g/mol. The Balaban J connectivity index is 1.65. The van der Waals surface area contributed by atoms with E-state index in [1.807, 2.05) is 54.6 Å². The van der Waals surface area contributed by atoms with Crippen LogP contribution in [0.25, 0.3) is 0 Å². The van der Waals surface area contributed by atoms with Crippen molar-refractivity contribution in [3.63, 3.8) is 0 Å². The number of hydrogen-bond acceptors (Lipinski definition) is 3. The maximum absolute atomic E-state index is 13.9. The average Bonchev–Trinajstić information content (AvgIpc) is 3.44. The molecule has 0 aliphatic heterocycles. The van der Waals surface area contributed by atoms with Crippen LogP contribution in [0.2, 0.25) is 10.0 Å². The summed E-state index contributed by atoms with van der Waals surface area (Å²) in [5, 5.41) is 4.17. The Labute approximate surface area is 241 Å². The molecule has 0 bridgehead atoms. The lowest BCUT2D eigenvalue weighted by Crippen LogP contribution is -2.53. The first-order chi connectivity index (χ1) is 18.8. The predicted molar refractivity (Wildman–Crippen MR) is 157 cm³/mol. The van der Waals surface area contributed by atoms with Crippen molar-refractivity contribution in [2.75, 3.05) is 6.61 Å². The number of ether oxygens (including phenoxy) is 1. The number of para-hydroxylation sites is 1. The molecule has 3 aromatic carbocycles. The van der Waals surface area contributed by atoms with Gasteiger partial charge < -0.3 is 15.0 Å². The Morgan fingerprint density at radius 1 is 0.974 bits per heavy atom. The van der Waals surface area contributed by atoms with Crippen molar-refractivity contribution in [2.24, 2.45) is 0 Å². The molecule has 1 aliphatic rings. The highest BCUT2D eigenvalue weighted by atomic mass is 35.5. The van der Waals surface area contributed by atoms with Gasteiger partial charge in [0.1, 0.15) is 11.8 Å². The van der Waals surface area contributed by atoms with Gasteiger partial charge in [-0.15, -0.1) is 0 Å². The van der Waals surface area contributed by atoms with Crippen LogP contribution in [0.15, 0.2) is 72.8 Å². The van der Waals surface area contributed by atoms with E-state index in [4.69, 9.17) is 27.9 Å². The molecule has 3 aromatic rings. The van der Waals surface area contributed by atoms with Crippen LogP contribution >= 0.6 is 23.2 Å². The number of halogens is 2. The summed E-state index contributed by atoms with van der Waals surface area (Å²) in [6.45, 7) is 4.13. The lowest BCUT2D eigenvalue weighted by Gasteiger charge is -2.32. The van der Waals surface area contributed by atoms with E-state index in [1.165, 1.54) is 0 Å². The quantitative estimate of drug-likeness (QED) is 0.267. The zero-order valence-corrected chi connectivity index (χ0v) is 24.0. The third-order valence-electron chi connectivity index (χ3n) is 7.22. The molecular formula is C32H36Cl2N2O3. The fourth-order valence-electron chi connectivity index (χ4n) is 5.07. The molecular weight excluding hydrogens is 531 g/mol. The number of benzene rings is 3. The molecule has 0 unspecified atom stereocenters. The highest BCUT2D eigenvalue weighted by molar-refractivity contribution is 6.35. The molecule has 0 spiro atoms. The first kappa shape index (κ1) is 29.0. The van der Waals surface area contributed by atoms with Gasteiger partial charge in [-0.3, -0.25) is 9.59 Å². The van der Waals surface area contributed by atoms with Crippen LogP contribution in [0.1, 0.15) is 62.1 Å². The number of amides is 2. The molecule has 1 aliphatic carbocycles. The molecule has 1 saturated carbocycles. The van der Waals surface area contributed by atoms with Crippen LogP contribution < -0.4 is 10.1 Å². The summed E-state index contributed by atoms with van der Waals surface area (Å²) in [6, 6.07) is 22.1. The van der Waals surface area contributed by atoms with Gasteiger partial charge in [0.2, 0.25) is 5.91 Å². The van der Waals surface area contributed by atoms with Gasteiger partial charge in [-0.05, 0) is 53.6 Å². The number of nitrogens with zero attached hydrogens (tertiary/aromatic N) is 1. The van der Waals surface area contributed by atoms with Gasteiger partial charge in [0.15, 0.2) is 6.61 Å². The molecule has 5 nitrogen and oxygen atoms in total. The molecule has 0 saturated heterocycles. The van der Waals surface area contributed by atoms with Crippen molar-refractivity contribution < 1.29 is 14.3 Å². The molecule has 4 rings (SSSR count). The summed E-state index contributed by atoms with van der Waals surface area (Å²) < 4.78 is 6.06. The smallest absolute Gasteiger partial charge is 0.261 e. The van der Waals surface area contributed by atoms with Crippen LogP contribution in [-0.4, -0.2) is 35.4 Å². The molecule has 0 aromatic heterocycles. The molecule has 1 fully saturated rings. The van der Waals surface area contributed by atoms with Gasteiger partial charge in [-0.2, -0.15) is 0 Å². The van der Waals surface area contributed by atoms with Crippen LogP contribution in [0.4, 0.5) is 0 Å². The zero-order chi connectivity index (χ0) is 27.8. The molecule has 206 valence electrons. The summed E-state index contributed by atoms with van der Waals surface area (Å²) in [5.74, 6) is 0.456. The Morgan fingerprint density at radius 2 is 1.67 bits per heavy atom.